The maximum absolute atomic E-state index is 11.6. The molecule has 0 heterocycles. The first kappa shape index (κ1) is 16.5. The number of rotatable bonds is 9. The first-order valence-electron chi connectivity index (χ1n) is 7.25. The van der Waals surface area contributed by atoms with Gasteiger partial charge < -0.3 is 5.32 Å². The number of amides is 1. The number of nitrogens with one attached hydrogen (secondary N) is 1. The highest BCUT2D eigenvalue weighted by Crippen LogP contribution is 2.19. The zero-order chi connectivity index (χ0) is 13.3. The fourth-order valence-corrected chi connectivity index (χ4v) is 2.27. The molecule has 0 aliphatic rings. The monoisotopic (exact) mass is 241 g/mol. The second kappa shape index (κ2) is 9.49. The highest BCUT2D eigenvalue weighted by atomic mass is 16.1. The van der Waals surface area contributed by atoms with E-state index in [1.807, 2.05) is 0 Å². The van der Waals surface area contributed by atoms with Crippen molar-refractivity contribution in [3.63, 3.8) is 0 Å². The second-order valence-corrected chi connectivity index (χ2v) is 5.77. The Morgan fingerprint density at radius 1 is 1.00 bits per heavy atom. The number of hydrogen-bond donors (Lipinski definition) is 1. The van der Waals surface area contributed by atoms with Crippen LogP contribution < -0.4 is 5.32 Å². The number of carbonyl (C=O) groups is 1. The zero-order valence-electron chi connectivity index (χ0n) is 12.4. The largest absolute Gasteiger partial charge is 0.356 e. The maximum Gasteiger partial charge on any atom is 0.220 e. The zero-order valence-corrected chi connectivity index (χ0v) is 12.4. The molecule has 0 aliphatic carbocycles. The third-order valence-electron chi connectivity index (χ3n) is 3.50. The Kier molecular flexibility index (Phi) is 9.20. The van der Waals surface area contributed by atoms with E-state index < -0.39 is 0 Å². The molecule has 2 nitrogen and oxygen atoms in total. The molecule has 0 unspecified atom stereocenters. The van der Waals surface area contributed by atoms with Gasteiger partial charge in [0.25, 0.3) is 0 Å². The molecular formula is C15H31NO. The van der Waals surface area contributed by atoms with Gasteiger partial charge in [0.2, 0.25) is 5.91 Å². The number of hydrogen-bond acceptors (Lipinski definition) is 1. The predicted molar refractivity (Wildman–Crippen MR) is 74.9 cm³/mol. The topological polar surface area (TPSA) is 29.1 Å². The molecule has 0 atom stereocenters. The molecular weight excluding hydrogens is 210 g/mol. The molecule has 1 amide bonds. The van der Waals surface area contributed by atoms with Crippen molar-refractivity contribution in [2.75, 3.05) is 6.54 Å². The molecule has 0 aromatic heterocycles. The van der Waals surface area contributed by atoms with E-state index in [1.165, 1.54) is 19.3 Å². The SMILES string of the molecule is CCCCCCC(=O)NCC(C(C)C)C(C)C. The van der Waals surface area contributed by atoms with E-state index >= 15 is 0 Å². The summed E-state index contributed by atoms with van der Waals surface area (Å²) in [6, 6.07) is 0. The van der Waals surface area contributed by atoms with Crippen LogP contribution in [0.15, 0.2) is 0 Å². The minimum Gasteiger partial charge on any atom is -0.356 e. The minimum absolute atomic E-state index is 0.229. The Hall–Kier alpha value is -0.530. The molecule has 102 valence electrons. The summed E-state index contributed by atoms with van der Waals surface area (Å²) in [5, 5.41) is 3.08. The van der Waals surface area contributed by atoms with Crippen LogP contribution in [0.2, 0.25) is 0 Å². The smallest absolute Gasteiger partial charge is 0.220 e. The van der Waals surface area contributed by atoms with Crippen molar-refractivity contribution >= 4 is 5.91 Å². The van der Waals surface area contributed by atoms with E-state index in [4.69, 9.17) is 0 Å². The third-order valence-corrected chi connectivity index (χ3v) is 3.50. The van der Waals surface area contributed by atoms with Gasteiger partial charge in [0.05, 0.1) is 0 Å². The maximum atomic E-state index is 11.6. The van der Waals surface area contributed by atoms with Crippen molar-refractivity contribution in [3.05, 3.63) is 0 Å². The van der Waals surface area contributed by atoms with Crippen LogP contribution in [0.3, 0.4) is 0 Å². The van der Waals surface area contributed by atoms with Crippen LogP contribution in [0, 0.1) is 17.8 Å². The summed E-state index contributed by atoms with van der Waals surface area (Å²) in [5.41, 5.74) is 0. The molecule has 1 N–H and O–H groups in total. The lowest BCUT2D eigenvalue weighted by atomic mass is 9.85. The molecule has 0 aromatic rings. The van der Waals surface area contributed by atoms with Gasteiger partial charge in [-0.05, 0) is 24.2 Å². The van der Waals surface area contributed by atoms with Crippen LogP contribution in [-0.2, 0) is 4.79 Å². The fourth-order valence-electron chi connectivity index (χ4n) is 2.27. The van der Waals surface area contributed by atoms with Gasteiger partial charge in [0, 0.05) is 13.0 Å². The normalized spacial score (nSPS) is 11.5. The quantitative estimate of drug-likeness (QED) is 0.607. The summed E-state index contributed by atoms with van der Waals surface area (Å²) in [6.45, 7) is 12.0. The van der Waals surface area contributed by atoms with Gasteiger partial charge in [0.15, 0.2) is 0 Å². The molecule has 0 saturated carbocycles. The van der Waals surface area contributed by atoms with E-state index in [9.17, 15) is 4.79 Å². The van der Waals surface area contributed by atoms with Gasteiger partial charge in [0.1, 0.15) is 0 Å². The molecule has 0 aliphatic heterocycles. The number of carbonyl (C=O) groups excluding carboxylic acids is 1. The van der Waals surface area contributed by atoms with E-state index in [0.29, 0.717) is 24.2 Å². The molecule has 2 heteroatoms. The van der Waals surface area contributed by atoms with E-state index in [1.54, 1.807) is 0 Å². The van der Waals surface area contributed by atoms with Crippen LogP contribution in [0.1, 0.15) is 66.7 Å². The lowest BCUT2D eigenvalue weighted by Gasteiger charge is -2.25. The third kappa shape index (κ3) is 8.23. The average Bonchev–Trinajstić information content (AvgIpc) is 2.23. The Morgan fingerprint density at radius 2 is 1.59 bits per heavy atom. The van der Waals surface area contributed by atoms with E-state index in [2.05, 4.69) is 39.9 Å². The van der Waals surface area contributed by atoms with Crippen LogP contribution >= 0.6 is 0 Å². The summed E-state index contributed by atoms with van der Waals surface area (Å²) in [6.07, 6.45) is 5.39. The average molecular weight is 241 g/mol. The second-order valence-electron chi connectivity index (χ2n) is 5.77. The van der Waals surface area contributed by atoms with E-state index in [0.717, 1.165) is 13.0 Å². The summed E-state index contributed by atoms with van der Waals surface area (Å²) >= 11 is 0. The summed E-state index contributed by atoms with van der Waals surface area (Å²) in [7, 11) is 0. The predicted octanol–water partition coefficient (Wildman–Crippen LogP) is 4.00. The van der Waals surface area contributed by atoms with Crippen molar-refractivity contribution in [2.24, 2.45) is 17.8 Å². The Balaban J connectivity index is 3.73. The molecule has 0 radical (unpaired) electrons. The molecule has 0 fully saturated rings. The van der Waals surface area contributed by atoms with Gasteiger partial charge in [-0.15, -0.1) is 0 Å². The highest BCUT2D eigenvalue weighted by molar-refractivity contribution is 5.75. The van der Waals surface area contributed by atoms with Crippen LogP contribution in [0.5, 0.6) is 0 Å². The van der Waals surface area contributed by atoms with Crippen LogP contribution in [0.25, 0.3) is 0 Å². The molecule has 0 saturated heterocycles. The Labute approximate surface area is 108 Å². The lowest BCUT2D eigenvalue weighted by molar-refractivity contribution is -0.121. The van der Waals surface area contributed by atoms with E-state index in [-0.39, 0.29) is 5.91 Å². The summed E-state index contributed by atoms with van der Waals surface area (Å²) in [4.78, 5) is 11.6. The molecule has 0 bridgehead atoms. The van der Waals surface area contributed by atoms with Crippen molar-refractivity contribution in [1.29, 1.82) is 0 Å². The van der Waals surface area contributed by atoms with Crippen LogP contribution in [-0.4, -0.2) is 12.5 Å². The molecule has 0 rings (SSSR count). The summed E-state index contributed by atoms with van der Waals surface area (Å²) in [5.74, 6) is 2.09. The van der Waals surface area contributed by atoms with Crippen molar-refractivity contribution in [2.45, 2.75) is 66.7 Å². The van der Waals surface area contributed by atoms with Gasteiger partial charge in [-0.1, -0.05) is 53.9 Å². The number of unbranched alkanes of at least 4 members (excludes halogenated alkanes) is 3. The van der Waals surface area contributed by atoms with Gasteiger partial charge in [-0.25, -0.2) is 0 Å². The van der Waals surface area contributed by atoms with Crippen molar-refractivity contribution < 1.29 is 4.79 Å². The molecule has 0 spiro atoms. The van der Waals surface area contributed by atoms with Crippen LogP contribution in [0.4, 0.5) is 0 Å². The molecule has 0 aromatic carbocycles. The van der Waals surface area contributed by atoms with Crippen molar-refractivity contribution in [3.8, 4) is 0 Å². The van der Waals surface area contributed by atoms with Gasteiger partial charge in [-0.2, -0.15) is 0 Å². The van der Waals surface area contributed by atoms with Gasteiger partial charge >= 0.3 is 0 Å². The first-order valence-corrected chi connectivity index (χ1v) is 7.25. The van der Waals surface area contributed by atoms with Crippen molar-refractivity contribution in [1.82, 2.24) is 5.32 Å². The fraction of sp³-hybridized carbons (Fsp3) is 0.933. The summed E-state index contributed by atoms with van der Waals surface area (Å²) < 4.78 is 0. The Bertz CT molecular complexity index is 191. The highest BCUT2D eigenvalue weighted by Gasteiger charge is 2.17. The Morgan fingerprint density at radius 3 is 2.06 bits per heavy atom. The molecule has 17 heavy (non-hydrogen) atoms. The minimum atomic E-state index is 0.229. The lowest BCUT2D eigenvalue weighted by Crippen LogP contribution is -2.33. The standard InChI is InChI=1S/C15H31NO/c1-6-7-8-9-10-15(17)16-11-14(12(2)3)13(4)5/h12-14H,6-11H2,1-5H3,(H,16,17). The first-order chi connectivity index (χ1) is 7.99. The van der Waals surface area contributed by atoms with Gasteiger partial charge in [-0.3, -0.25) is 4.79 Å².